The molecule has 0 spiro atoms. The number of nitrogens with zero attached hydrogens (tertiary/aromatic N) is 2. The Morgan fingerprint density at radius 3 is 2.50 bits per heavy atom. The van der Waals surface area contributed by atoms with Crippen LogP contribution in [0.25, 0.3) is 6.08 Å². The molecule has 2 N–H and O–H groups in total. The maximum atomic E-state index is 5.75. The molecular weight excluding hydrogens is 198 g/mol. The summed E-state index contributed by atoms with van der Waals surface area (Å²) in [4.78, 5) is 4.39. The largest absolute Gasteiger partial charge is 0.399 e. The normalized spacial score (nSPS) is 10.5. The van der Waals surface area contributed by atoms with E-state index in [9.17, 15) is 0 Å². The van der Waals surface area contributed by atoms with E-state index in [-0.39, 0.29) is 0 Å². The maximum absolute atomic E-state index is 5.75. The predicted molar refractivity (Wildman–Crippen MR) is 72.8 cm³/mol. The molecule has 0 bridgehead atoms. The van der Waals surface area contributed by atoms with Crippen molar-refractivity contribution >= 4 is 17.5 Å². The molecule has 0 saturated heterocycles. The zero-order valence-corrected chi connectivity index (χ0v) is 10.4. The molecule has 0 radical (unpaired) electrons. The summed E-state index contributed by atoms with van der Waals surface area (Å²) in [6, 6.07) is 5.92. The summed E-state index contributed by atoms with van der Waals surface area (Å²) < 4.78 is 0. The van der Waals surface area contributed by atoms with Gasteiger partial charge in [0.25, 0.3) is 0 Å². The molecule has 1 aromatic rings. The fourth-order valence-corrected chi connectivity index (χ4v) is 1.55. The Morgan fingerprint density at radius 1 is 1.25 bits per heavy atom. The van der Waals surface area contributed by atoms with E-state index in [2.05, 4.69) is 37.5 Å². The highest BCUT2D eigenvalue weighted by Gasteiger charge is 2.05. The number of nitrogens with two attached hydrogens (primary N) is 1. The lowest BCUT2D eigenvalue weighted by molar-refractivity contribution is 0.416. The first-order valence-corrected chi connectivity index (χ1v) is 5.42. The molecule has 0 heterocycles. The molecular formula is C13H21N3. The second-order valence-electron chi connectivity index (χ2n) is 4.25. The molecule has 0 aliphatic heterocycles. The van der Waals surface area contributed by atoms with Crippen LogP contribution < -0.4 is 10.6 Å². The maximum Gasteiger partial charge on any atom is 0.0438 e. The highest BCUT2D eigenvalue weighted by Crippen LogP contribution is 2.22. The molecule has 88 valence electrons. The van der Waals surface area contributed by atoms with E-state index in [0.717, 1.165) is 24.3 Å². The molecule has 1 rings (SSSR count). The van der Waals surface area contributed by atoms with Gasteiger partial charge in [0.1, 0.15) is 0 Å². The summed E-state index contributed by atoms with van der Waals surface area (Å²) in [5, 5.41) is 0. The van der Waals surface area contributed by atoms with Gasteiger partial charge in [0.2, 0.25) is 0 Å². The molecule has 0 aromatic heterocycles. The number of likely N-dealkylation sites (N-methyl/N-ethyl adjacent to an activating group) is 2. The van der Waals surface area contributed by atoms with Crippen molar-refractivity contribution in [1.29, 1.82) is 0 Å². The monoisotopic (exact) mass is 219 g/mol. The Hall–Kier alpha value is -1.48. The van der Waals surface area contributed by atoms with Gasteiger partial charge >= 0.3 is 0 Å². The Morgan fingerprint density at radius 2 is 1.94 bits per heavy atom. The number of nitrogen functional groups attached to an aromatic ring is 1. The van der Waals surface area contributed by atoms with E-state index in [1.165, 1.54) is 5.69 Å². The van der Waals surface area contributed by atoms with E-state index in [1.54, 1.807) is 0 Å². The van der Waals surface area contributed by atoms with E-state index in [1.807, 2.05) is 24.3 Å². The second-order valence-corrected chi connectivity index (χ2v) is 4.25. The van der Waals surface area contributed by atoms with Crippen LogP contribution in [0.3, 0.4) is 0 Å². The molecule has 0 unspecified atom stereocenters. The van der Waals surface area contributed by atoms with Gasteiger partial charge in [0.05, 0.1) is 0 Å². The van der Waals surface area contributed by atoms with Crippen LogP contribution in [0.5, 0.6) is 0 Å². The van der Waals surface area contributed by atoms with Crippen LogP contribution in [0.4, 0.5) is 11.4 Å². The lowest BCUT2D eigenvalue weighted by atomic mass is 10.1. The van der Waals surface area contributed by atoms with Crippen LogP contribution in [0.2, 0.25) is 0 Å². The van der Waals surface area contributed by atoms with E-state index in [4.69, 9.17) is 5.73 Å². The third kappa shape index (κ3) is 3.28. The van der Waals surface area contributed by atoms with Gasteiger partial charge in [-0.1, -0.05) is 12.7 Å². The average Bonchev–Trinajstić information content (AvgIpc) is 2.25. The first-order valence-electron chi connectivity index (χ1n) is 5.42. The van der Waals surface area contributed by atoms with Crippen LogP contribution in [0, 0.1) is 0 Å². The summed E-state index contributed by atoms with van der Waals surface area (Å²) in [5.74, 6) is 0. The smallest absolute Gasteiger partial charge is 0.0438 e. The minimum absolute atomic E-state index is 0.777. The zero-order chi connectivity index (χ0) is 12.1. The Bertz CT molecular complexity index is 358. The number of hydrogen-bond acceptors (Lipinski definition) is 3. The van der Waals surface area contributed by atoms with Crippen molar-refractivity contribution in [3.8, 4) is 0 Å². The van der Waals surface area contributed by atoms with Crippen LogP contribution in [0.1, 0.15) is 5.56 Å². The van der Waals surface area contributed by atoms with Gasteiger partial charge in [-0.2, -0.15) is 0 Å². The third-order valence-corrected chi connectivity index (χ3v) is 2.57. The quantitative estimate of drug-likeness (QED) is 0.768. The van der Waals surface area contributed by atoms with Gasteiger partial charge in [0, 0.05) is 31.5 Å². The van der Waals surface area contributed by atoms with Crippen molar-refractivity contribution in [2.24, 2.45) is 0 Å². The van der Waals surface area contributed by atoms with Crippen molar-refractivity contribution in [2.45, 2.75) is 0 Å². The molecule has 0 aliphatic carbocycles. The van der Waals surface area contributed by atoms with Crippen molar-refractivity contribution in [1.82, 2.24) is 4.90 Å². The highest BCUT2D eigenvalue weighted by molar-refractivity contribution is 5.70. The average molecular weight is 219 g/mol. The molecule has 0 saturated carbocycles. The van der Waals surface area contributed by atoms with Gasteiger partial charge in [-0.3, -0.25) is 0 Å². The van der Waals surface area contributed by atoms with Gasteiger partial charge in [-0.15, -0.1) is 0 Å². The van der Waals surface area contributed by atoms with Crippen LogP contribution in [-0.2, 0) is 0 Å². The fraction of sp³-hybridized carbons (Fsp3) is 0.385. The topological polar surface area (TPSA) is 32.5 Å². The predicted octanol–water partition coefficient (Wildman–Crippen LogP) is 1.91. The molecule has 0 amide bonds. The van der Waals surface area contributed by atoms with Gasteiger partial charge in [-0.25, -0.2) is 0 Å². The number of benzene rings is 1. The summed E-state index contributed by atoms with van der Waals surface area (Å²) in [6.07, 6.45) is 1.85. The van der Waals surface area contributed by atoms with Crippen LogP contribution in [-0.4, -0.2) is 39.1 Å². The minimum atomic E-state index is 0.777. The van der Waals surface area contributed by atoms with Gasteiger partial charge < -0.3 is 15.5 Å². The van der Waals surface area contributed by atoms with E-state index in [0.29, 0.717) is 0 Å². The summed E-state index contributed by atoms with van der Waals surface area (Å²) >= 11 is 0. The molecule has 1 aromatic carbocycles. The standard InChI is InChI=1S/C13H21N3/c1-5-11-10-12(14)6-7-13(11)16(4)9-8-15(2)3/h5-7,10H,1,8-9,14H2,2-4H3. The molecule has 16 heavy (non-hydrogen) atoms. The van der Waals surface area contributed by atoms with Crippen molar-refractivity contribution in [3.05, 3.63) is 30.3 Å². The molecule has 0 fully saturated rings. The lowest BCUT2D eigenvalue weighted by Crippen LogP contribution is -2.28. The SMILES string of the molecule is C=Cc1cc(N)ccc1N(C)CCN(C)C. The van der Waals surface area contributed by atoms with Crippen molar-refractivity contribution < 1.29 is 0 Å². The number of anilines is 2. The number of hydrogen-bond donors (Lipinski definition) is 1. The molecule has 0 aliphatic rings. The van der Waals surface area contributed by atoms with Crippen molar-refractivity contribution in [3.63, 3.8) is 0 Å². The third-order valence-electron chi connectivity index (χ3n) is 2.57. The number of rotatable bonds is 5. The van der Waals surface area contributed by atoms with E-state index < -0.39 is 0 Å². The highest BCUT2D eigenvalue weighted by atomic mass is 15.2. The second kappa shape index (κ2) is 5.56. The van der Waals surface area contributed by atoms with Crippen molar-refractivity contribution in [2.75, 3.05) is 44.9 Å². The molecule has 3 nitrogen and oxygen atoms in total. The Kier molecular flexibility index (Phi) is 4.38. The fourth-order valence-electron chi connectivity index (χ4n) is 1.55. The summed E-state index contributed by atoms with van der Waals surface area (Å²) in [5.41, 5.74) is 8.79. The Labute approximate surface area is 98.2 Å². The summed E-state index contributed by atoms with van der Waals surface area (Å²) in [7, 11) is 6.23. The first-order chi connectivity index (χ1) is 7.54. The first kappa shape index (κ1) is 12.6. The Balaban J connectivity index is 2.81. The van der Waals surface area contributed by atoms with Crippen LogP contribution in [0.15, 0.2) is 24.8 Å². The lowest BCUT2D eigenvalue weighted by Gasteiger charge is -2.23. The van der Waals surface area contributed by atoms with Gasteiger partial charge in [-0.05, 0) is 37.9 Å². The minimum Gasteiger partial charge on any atom is -0.399 e. The molecule has 0 atom stereocenters. The molecule has 3 heteroatoms. The zero-order valence-electron chi connectivity index (χ0n) is 10.4. The summed E-state index contributed by atoms with van der Waals surface area (Å²) in [6.45, 7) is 5.83. The van der Waals surface area contributed by atoms with Crippen LogP contribution >= 0.6 is 0 Å². The van der Waals surface area contributed by atoms with E-state index >= 15 is 0 Å². The van der Waals surface area contributed by atoms with Gasteiger partial charge in [0.15, 0.2) is 0 Å².